The van der Waals surface area contributed by atoms with Gasteiger partial charge in [-0.05, 0) is 104 Å². The lowest BCUT2D eigenvalue weighted by Crippen LogP contribution is -2.29. The molecule has 2 aliphatic rings. The molecule has 10 aromatic rings. The summed E-state index contributed by atoms with van der Waals surface area (Å²) < 4.78 is 27.2. The molecule has 2 aromatic heterocycles. The minimum Gasteiger partial charge on any atom is -0.294 e. The van der Waals surface area contributed by atoms with Gasteiger partial charge in [-0.3, -0.25) is 4.57 Å². The Morgan fingerprint density at radius 2 is 1.12 bits per heavy atom. The third kappa shape index (κ3) is 5.00. The molecule has 284 valence electrons. The van der Waals surface area contributed by atoms with E-state index in [1.807, 2.05) is 42.6 Å². The third-order valence-corrected chi connectivity index (χ3v) is 12.4. The van der Waals surface area contributed by atoms with E-state index in [9.17, 15) is 0 Å². The lowest BCUT2D eigenvalue weighted by molar-refractivity contribution is 0.142. The fourth-order valence-electron chi connectivity index (χ4n) is 9.82. The van der Waals surface area contributed by atoms with E-state index in [1.54, 1.807) is 11.1 Å². The number of nitrogens with zero attached hydrogens (tertiary/aromatic N) is 4. The molecule has 3 heterocycles. The van der Waals surface area contributed by atoms with E-state index in [1.165, 1.54) is 11.1 Å². The Labute approximate surface area is 352 Å². The van der Waals surface area contributed by atoms with Crippen molar-refractivity contribution in [2.45, 2.75) is 5.41 Å². The fraction of sp³-hybridized carbons (Fsp3) is 0.0364. The second-order valence-corrected chi connectivity index (χ2v) is 15.4. The summed E-state index contributed by atoms with van der Waals surface area (Å²) in [6.45, 7) is -2.51. The minimum atomic E-state index is -2.51. The fourth-order valence-corrected chi connectivity index (χ4v) is 9.82. The van der Waals surface area contributed by atoms with Crippen molar-refractivity contribution in [2.24, 2.45) is 0 Å². The zero-order valence-corrected chi connectivity index (χ0v) is 32.4. The van der Waals surface area contributed by atoms with Crippen LogP contribution < -0.4 is 10.1 Å². The van der Waals surface area contributed by atoms with E-state index in [0.717, 1.165) is 77.2 Å². The summed E-state index contributed by atoms with van der Waals surface area (Å²) in [5.74, 6) is 0.825. The second kappa shape index (κ2) is 13.4. The molecule has 60 heavy (non-hydrogen) atoms. The van der Waals surface area contributed by atoms with Gasteiger partial charge in [0, 0.05) is 28.1 Å². The Balaban J connectivity index is 1.09. The number of hydroxylamine groups is 1. The SMILES string of the molecule is [2H]C([2H])([2H])N1ON(c2cccc(C3(c4ccc5c6ccccc6n(-c6cc(-c7ccccc7-c7ccccc7)ccn6)c5c4)c4ccccc4-c4ccccc43)c2)c2ccccc21. The molecule has 0 bridgehead atoms. The predicted octanol–water partition coefficient (Wildman–Crippen LogP) is 13.3. The van der Waals surface area contributed by atoms with Gasteiger partial charge in [-0.25, -0.2) is 10.0 Å². The van der Waals surface area contributed by atoms with Crippen LogP contribution in [0.4, 0.5) is 17.1 Å². The van der Waals surface area contributed by atoms with Gasteiger partial charge in [-0.1, -0.05) is 158 Å². The van der Waals surface area contributed by atoms with E-state index >= 15 is 0 Å². The van der Waals surface area contributed by atoms with Crippen LogP contribution in [0.15, 0.2) is 212 Å². The molecule has 5 heteroatoms. The van der Waals surface area contributed by atoms with Crippen LogP contribution in [-0.2, 0) is 10.4 Å². The number of aromatic nitrogens is 2. The summed E-state index contributed by atoms with van der Waals surface area (Å²) in [5, 5.41) is 4.91. The highest BCUT2D eigenvalue weighted by Crippen LogP contribution is 2.57. The minimum absolute atomic E-state index is 0.480. The zero-order chi connectivity index (χ0) is 42.3. The van der Waals surface area contributed by atoms with Gasteiger partial charge in [0.1, 0.15) is 5.82 Å². The van der Waals surface area contributed by atoms with Crippen LogP contribution >= 0.6 is 0 Å². The summed E-state index contributed by atoms with van der Waals surface area (Å²) in [6.07, 6.45) is 1.92. The molecule has 0 spiro atoms. The van der Waals surface area contributed by atoms with Crippen LogP contribution in [0.25, 0.3) is 61.0 Å². The molecule has 12 rings (SSSR count). The topological polar surface area (TPSA) is 33.5 Å². The van der Waals surface area contributed by atoms with Crippen LogP contribution in [0, 0.1) is 0 Å². The van der Waals surface area contributed by atoms with Gasteiger partial charge in [0.25, 0.3) is 0 Å². The third-order valence-electron chi connectivity index (χ3n) is 12.4. The second-order valence-electron chi connectivity index (χ2n) is 15.4. The number of benzene rings is 8. The quantitative estimate of drug-likeness (QED) is 0.168. The van der Waals surface area contributed by atoms with E-state index in [4.69, 9.17) is 14.0 Å². The average Bonchev–Trinajstić information content (AvgIpc) is 3.99. The molecular weight excluding hydrogens is 733 g/mol. The number of rotatable bonds is 6. The number of pyridine rings is 1. The Bertz CT molecular complexity index is 3370. The molecule has 0 saturated heterocycles. The van der Waals surface area contributed by atoms with E-state index in [2.05, 4.69) is 168 Å². The number of para-hydroxylation sites is 3. The number of hydrogen-bond donors (Lipinski definition) is 0. The molecule has 1 aliphatic heterocycles. The molecule has 0 amide bonds. The van der Waals surface area contributed by atoms with Gasteiger partial charge < -0.3 is 0 Å². The van der Waals surface area contributed by atoms with Crippen LogP contribution in [0.3, 0.4) is 0 Å². The van der Waals surface area contributed by atoms with Gasteiger partial charge in [-0.2, -0.15) is 5.06 Å². The first-order valence-corrected chi connectivity index (χ1v) is 20.2. The molecule has 8 aromatic carbocycles. The molecule has 0 fully saturated rings. The van der Waals surface area contributed by atoms with Crippen LogP contribution in [-0.4, -0.2) is 16.5 Å². The maximum absolute atomic E-state index is 8.28. The van der Waals surface area contributed by atoms with Crippen molar-refractivity contribution in [1.29, 1.82) is 0 Å². The molecule has 5 nitrogen and oxygen atoms in total. The normalized spacial score (nSPS) is 14.7. The van der Waals surface area contributed by atoms with Crippen LogP contribution in [0.5, 0.6) is 0 Å². The van der Waals surface area contributed by atoms with Gasteiger partial charge in [0.05, 0.1) is 33.5 Å². The van der Waals surface area contributed by atoms with Crippen molar-refractivity contribution in [3.63, 3.8) is 0 Å². The lowest BCUT2D eigenvalue weighted by Gasteiger charge is -2.34. The van der Waals surface area contributed by atoms with Gasteiger partial charge in [-0.15, -0.1) is 4.94 Å². The van der Waals surface area contributed by atoms with Crippen molar-refractivity contribution < 1.29 is 9.05 Å². The summed E-state index contributed by atoms with van der Waals surface area (Å²) in [6, 6.07) is 71.9. The lowest BCUT2D eigenvalue weighted by atomic mass is 9.67. The highest BCUT2D eigenvalue weighted by molar-refractivity contribution is 6.09. The Morgan fingerprint density at radius 3 is 1.90 bits per heavy atom. The van der Waals surface area contributed by atoms with E-state index in [-0.39, 0.29) is 0 Å². The number of hydrogen-bond acceptors (Lipinski definition) is 4. The Hall–Kier alpha value is -7.73. The maximum atomic E-state index is 8.28. The predicted molar refractivity (Wildman–Crippen MR) is 245 cm³/mol. The Morgan fingerprint density at radius 1 is 0.483 bits per heavy atom. The molecule has 0 radical (unpaired) electrons. The van der Waals surface area contributed by atoms with Crippen molar-refractivity contribution in [1.82, 2.24) is 9.55 Å². The molecular formula is C55H38N4O. The largest absolute Gasteiger partial charge is 0.294 e. The molecule has 0 N–H and O–H groups in total. The standard InChI is InChI=1S/C55H38N4O/c1-57-51-28-13-14-29-52(51)59(60-57)41-19-15-18-39(35-41)55(48-25-10-7-22-44(48)45-23-8-11-26-49(45)55)40-30-31-47-46-24-9-12-27-50(46)58(53(47)36-40)54-34-38(32-33-56-54)43-21-6-5-20-42(43)37-16-3-2-4-17-37/h2-36H,1H3/i1D3. The van der Waals surface area contributed by atoms with Crippen molar-refractivity contribution in [3.8, 4) is 39.2 Å². The summed E-state index contributed by atoms with van der Waals surface area (Å²) in [5.41, 5.74) is 14.5. The number of anilines is 3. The van der Waals surface area contributed by atoms with Crippen molar-refractivity contribution in [2.75, 3.05) is 17.1 Å². The van der Waals surface area contributed by atoms with Gasteiger partial charge in [0.15, 0.2) is 0 Å². The monoisotopic (exact) mass is 773 g/mol. The molecule has 1 aliphatic carbocycles. The van der Waals surface area contributed by atoms with Crippen LogP contribution in [0.1, 0.15) is 26.4 Å². The summed E-state index contributed by atoms with van der Waals surface area (Å²) in [4.78, 5) is 11.3. The van der Waals surface area contributed by atoms with Crippen molar-refractivity contribution >= 4 is 38.9 Å². The molecule has 0 atom stereocenters. The van der Waals surface area contributed by atoms with Crippen molar-refractivity contribution in [3.05, 3.63) is 235 Å². The van der Waals surface area contributed by atoms with Crippen LogP contribution in [0.2, 0.25) is 0 Å². The number of fused-ring (bicyclic) bond motifs is 7. The van der Waals surface area contributed by atoms with E-state index < -0.39 is 12.4 Å². The average molecular weight is 774 g/mol. The molecule has 0 unspecified atom stereocenters. The smallest absolute Gasteiger partial charge is 0.138 e. The Kier molecular flexibility index (Phi) is 7.00. The highest BCUT2D eigenvalue weighted by Gasteiger charge is 2.46. The highest BCUT2D eigenvalue weighted by atomic mass is 16.8. The first kappa shape index (κ1) is 31.3. The first-order valence-electron chi connectivity index (χ1n) is 21.7. The summed E-state index contributed by atoms with van der Waals surface area (Å²) in [7, 11) is 0. The summed E-state index contributed by atoms with van der Waals surface area (Å²) >= 11 is 0. The zero-order valence-electron chi connectivity index (χ0n) is 35.4. The first-order chi connectivity index (χ1) is 30.9. The van der Waals surface area contributed by atoms with Gasteiger partial charge >= 0.3 is 0 Å². The van der Waals surface area contributed by atoms with Gasteiger partial charge in [0.2, 0.25) is 0 Å². The van der Waals surface area contributed by atoms with E-state index in [0.29, 0.717) is 17.1 Å². The molecule has 0 saturated carbocycles. The maximum Gasteiger partial charge on any atom is 0.138 e.